The molecule has 1 saturated heterocycles. The maximum atomic E-state index is 12.3. The van der Waals surface area contributed by atoms with Crippen LogP contribution in [0.15, 0.2) is 23.4 Å². The van der Waals surface area contributed by atoms with Crippen molar-refractivity contribution in [2.45, 2.75) is 44.5 Å². The topological polar surface area (TPSA) is 99.3 Å². The summed E-state index contributed by atoms with van der Waals surface area (Å²) < 4.78 is 7.82. The van der Waals surface area contributed by atoms with Crippen LogP contribution in [0.4, 0.5) is 11.4 Å². The lowest BCUT2D eigenvalue weighted by molar-refractivity contribution is -0.384. The van der Waals surface area contributed by atoms with Gasteiger partial charge in [-0.25, -0.2) is 4.98 Å². The largest absolute Gasteiger partial charge is 0.376 e. The summed E-state index contributed by atoms with van der Waals surface area (Å²) in [5.74, 6) is -0.114. The van der Waals surface area contributed by atoms with E-state index < -0.39 is 4.92 Å². The first-order valence-corrected chi connectivity index (χ1v) is 10.2. The number of aryl methyl sites for hydroxylation is 1. The second kappa shape index (κ2) is 8.93. The molecule has 1 atom stereocenters. The molecule has 1 fully saturated rings. The molecular weight excluding hydrogens is 404 g/mol. The number of halogens is 1. The molecule has 10 heteroatoms. The minimum absolute atomic E-state index is 0.124. The van der Waals surface area contributed by atoms with Crippen LogP contribution in [0.25, 0.3) is 0 Å². The monoisotopic (exact) mass is 424 g/mol. The lowest BCUT2D eigenvalue weighted by atomic mass is 10.2. The zero-order chi connectivity index (χ0) is 20.3. The van der Waals surface area contributed by atoms with Crippen LogP contribution in [-0.2, 0) is 16.1 Å². The Labute approximate surface area is 171 Å². The van der Waals surface area contributed by atoms with Crippen LogP contribution in [0.3, 0.4) is 0 Å². The molecule has 1 aromatic heterocycles. The average Bonchev–Trinajstić information content (AvgIpc) is 3.25. The van der Waals surface area contributed by atoms with E-state index in [1.807, 2.05) is 13.8 Å². The number of imidazole rings is 1. The van der Waals surface area contributed by atoms with Crippen LogP contribution < -0.4 is 5.32 Å². The fourth-order valence-electron chi connectivity index (χ4n) is 2.98. The summed E-state index contributed by atoms with van der Waals surface area (Å²) in [7, 11) is 0. The van der Waals surface area contributed by atoms with Crippen molar-refractivity contribution < 1.29 is 14.5 Å². The third kappa shape index (κ3) is 4.84. The van der Waals surface area contributed by atoms with E-state index in [1.54, 1.807) is 0 Å². The minimum atomic E-state index is -0.536. The molecule has 0 spiro atoms. The van der Waals surface area contributed by atoms with Crippen LogP contribution >= 0.6 is 23.4 Å². The van der Waals surface area contributed by atoms with Crippen molar-refractivity contribution in [2.75, 3.05) is 17.7 Å². The Kier molecular flexibility index (Phi) is 6.58. The molecule has 2 aromatic rings. The number of carbonyl (C=O) groups excluding carboxylic acids is 1. The summed E-state index contributed by atoms with van der Waals surface area (Å²) in [5.41, 5.74) is 2.21. The van der Waals surface area contributed by atoms with Crippen LogP contribution in [0, 0.1) is 24.0 Å². The number of hydrogen-bond donors (Lipinski definition) is 1. The normalized spacial score (nSPS) is 16.3. The lowest BCUT2D eigenvalue weighted by Gasteiger charge is -2.14. The number of thioether (sulfide) groups is 1. The third-order valence-corrected chi connectivity index (χ3v) is 5.89. The SMILES string of the molecule is Cc1nc(SCC(=O)Nc2ccc([N+](=O)[O-])cc2Cl)n(C[C@H]2CCCO2)c1C. The Morgan fingerprint density at radius 3 is 2.93 bits per heavy atom. The van der Waals surface area contributed by atoms with Gasteiger partial charge in [-0.2, -0.15) is 0 Å². The van der Waals surface area contributed by atoms with Gasteiger partial charge in [0.1, 0.15) is 0 Å². The van der Waals surface area contributed by atoms with E-state index >= 15 is 0 Å². The molecule has 2 heterocycles. The second-order valence-corrected chi connectivity index (χ2v) is 7.92. The number of nitro groups is 1. The Morgan fingerprint density at radius 2 is 2.29 bits per heavy atom. The zero-order valence-corrected chi connectivity index (χ0v) is 17.2. The number of amides is 1. The highest BCUT2D eigenvalue weighted by molar-refractivity contribution is 7.99. The van der Waals surface area contributed by atoms with E-state index in [1.165, 1.54) is 30.0 Å². The summed E-state index contributed by atoms with van der Waals surface area (Å²) in [5, 5.41) is 14.4. The van der Waals surface area contributed by atoms with E-state index in [0.29, 0.717) is 5.69 Å². The molecule has 0 radical (unpaired) electrons. The Bertz CT molecular complexity index is 896. The van der Waals surface area contributed by atoms with Gasteiger partial charge in [0.2, 0.25) is 5.91 Å². The smallest absolute Gasteiger partial charge is 0.271 e. The molecule has 1 aliphatic rings. The van der Waals surface area contributed by atoms with Crippen molar-refractivity contribution in [3.05, 3.63) is 44.7 Å². The highest BCUT2D eigenvalue weighted by atomic mass is 35.5. The molecule has 3 rings (SSSR count). The number of ether oxygens (including phenoxy) is 1. The maximum absolute atomic E-state index is 12.3. The molecule has 1 N–H and O–H groups in total. The van der Waals surface area contributed by atoms with Crippen molar-refractivity contribution in [3.8, 4) is 0 Å². The number of carbonyl (C=O) groups is 1. The fourth-order valence-corrected chi connectivity index (χ4v) is 4.10. The standard InChI is InChI=1S/C18H21ClN4O4S/c1-11-12(2)22(9-14-4-3-7-27-14)18(20-11)28-10-17(24)21-16-6-5-13(23(25)26)8-15(16)19/h5-6,8,14H,3-4,7,9-10H2,1-2H3,(H,21,24)/t14-/m1/s1. The number of rotatable bonds is 7. The van der Waals surface area contributed by atoms with Gasteiger partial charge < -0.3 is 14.6 Å². The summed E-state index contributed by atoms with van der Waals surface area (Å²) in [6, 6.07) is 3.94. The first-order valence-electron chi connectivity index (χ1n) is 8.87. The molecule has 150 valence electrons. The van der Waals surface area contributed by atoms with Crippen molar-refractivity contribution in [1.82, 2.24) is 9.55 Å². The van der Waals surface area contributed by atoms with Gasteiger partial charge in [0, 0.05) is 24.4 Å². The number of hydrogen-bond acceptors (Lipinski definition) is 6. The van der Waals surface area contributed by atoms with Gasteiger partial charge in [0.25, 0.3) is 5.69 Å². The molecule has 28 heavy (non-hydrogen) atoms. The summed E-state index contributed by atoms with van der Waals surface area (Å²) >= 11 is 7.36. The molecule has 8 nitrogen and oxygen atoms in total. The maximum Gasteiger partial charge on any atom is 0.271 e. The molecular formula is C18H21ClN4O4S. The predicted molar refractivity (Wildman–Crippen MR) is 108 cm³/mol. The van der Waals surface area contributed by atoms with Gasteiger partial charge in [0.15, 0.2) is 5.16 Å². The minimum Gasteiger partial charge on any atom is -0.376 e. The highest BCUT2D eigenvalue weighted by Crippen LogP contribution is 2.28. The zero-order valence-electron chi connectivity index (χ0n) is 15.6. The van der Waals surface area contributed by atoms with Gasteiger partial charge in [-0.05, 0) is 32.8 Å². The Balaban J connectivity index is 1.63. The first kappa shape index (κ1) is 20.6. The third-order valence-electron chi connectivity index (χ3n) is 4.60. The lowest BCUT2D eigenvalue weighted by Crippen LogP contribution is -2.18. The molecule has 1 aliphatic heterocycles. The predicted octanol–water partition coefficient (Wildman–Crippen LogP) is 3.97. The molecule has 0 aliphatic carbocycles. The number of benzene rings is 1. The number of aromatic nitrogens is 2. The van der Waals surface area contributed by atoms with Crippen molar-refractivity contribution in [2.24, 2.45) is 0 Å². The van der Waals surface area contributed by atoms with E-state index in [-0.39, 0.29) is 28.5 Å². The van der Waals surface area contributed by atoms with Crippen molar-refractivity contribution in [1.29, 1.82) is 0 Å². The molecule has 1 amide bonds. The van der Waals surface area contributed by atoms with Gasteiger partial charge >= 0.3 is 0 Å². The number of anilines is 1. The molecule has 0 saturated carbocycles. The quantitative estimate of drug-likeness (QED) is 0.410. The number of nitrogens with zero attached hydrogens (tertiary/aromatic N) is 3. The Morgan fingerprint density at radius 1 is 1.50 bits per heavy atom. The van der Waals surface area contributed by atoms with E-state index in [4.69, 9.17) is 16.3 Å². The van der Waals surface area contributed by atoms with Gasteiger partial charge in [-0.15, -0.1) is 0 Å². The Hall–Kier alpha value is -2.10. The summed E-state index contributed by atoms with van der Waals surface area (Å²) in [6.45, 7) is 5.48. The number of nitrogens with one attached hydrogen (secondary N) is 1. The average molecular weight is 425 g/mol. The van der Waals surface area contributed by atoms with Gasteiger partial charge in [0.05, 0.1) is 39.7 Å². The molecule has 0 unspecified atom stereocenters. The van der Waals surface area contributed by atoms with E-state index in [9.17, 15) is 14.9 Å². The van der Waals surface area contributed by atoms with Gasteiger partial charge in [-0.3, -0.25) is 14.9 Å². The second-order valence-electron chi connectivity index (χ2n) is 6.57. The van der Waals surface area contributed by atoms with Crippen LogP contribution in [-0.4, -0.2) is 38.8 Å². The van der Waals surface area contributed by atoms with Crippen molar-refractivity contribution >= 4 is 40.6 Å². The number of non-ortho nitro benzene ring substituents is 1. The molecule has 0 bridgehead atoms. The highest BCUT2D eigenvalue weighted by Gasteiger charge is 2.21. The molecule has 1 aromatic carbocycles. The van der Waals surface area contributed by atoms with Crippen LogP contribution in [0.2, 0.25) is 5.02 Å². The van der Waals surface area contributed by atoms with E-state index in [2.05, 4.69) is 14.9 Å². The summed E-state index contributed by atoms with van der Waals surface area (Å²) in [4.78, 5) is 27.1. The first-order chi connectivity index (χ1) is 13.3. The van der Waals surface area contributed by atoms with Crippen LogP contribution in [0.1, 0.15) is 24.2 Å². The van der Waals surface area contributed by atoms with E-state index in [0.717, 1.165) is 42.5 Å². The van der Waals surface area contributed by atoms with Crippen LogP contribution in [0.5, 0.6) is 0 Å². The fraction of sp³-hybridized carbons (Fsp3) is 0.444. The number of nitro benzene ring substituents is 1. The summed E-state index contributed by atoms with van der Waals surface area (Å²) in [6.07, 6.45) is 2.28. The van der Waals surface area contributed by atoms with Gasteiger partial charge in [-0.1, -0.05) is 23.4 Å². The van der Waals surface area contributed by atoms with Crippen molar-refractivity contribution in [3.63, 3.8) is 0 Å².